The fourth-order valence-corrected chi connectivity index (χ4v) is 4.15. The van der Waals surface area contributed by atoms with E-state index in [1.54, 1.807) is 0 Å². The van der Waals surface area contributed by atoms with Crippen molar-refractivity contribution in [3.8, 4) is 0 Å². The van der Waals surface area contributed by atoms with Gasteiger partial charge in [0.1, 0.15) is 6.10 Å². The molecule has 0 saturated carbocycles. The van der Waals surface area contributed by atoms with Crippen molar-refractivity contribution in [2.45, 2.75) is 96.9 Å². The van der Waals surface area contributed by atoms with E-state index >= 15 is 0 Å². The summed E-state index contributed by atoms with van der Waals surface area (Å²) in [5.74, 6) is 0. The van der Waals surface area contributed by atoms with Crippen LogP contribution in [0, 0.1) is 0 Å². The molecule has 0 spiro atoms. The molecule has 1 atom stereocenters. The van der Waals surface area contributed by atoms with Crippen molar-refractivity contribution in [3.05, 3.63) is 0 Å². The van der Waals surface area contributed by atoms with Gasteiger partial charge in [-0.15, -0.1) is 0 Å². The first-order valence-electron chi connectivity index (χ1n) is 11.0. The summed E-state index contributed by atoms with van der Waals surface area (Å²) in [6.07, 6.45) is 7.28. The minimum atomic E-state index is -1.69. The Kier molecular flexibility index (Phi) is 10.9. The van der Waals surface area contributed by atoms with Crippen LogP contribution in [0.15, 0.2) is 0 Å². The highest BCUT2D eigenvalue weighted by atomic mass is 28.4. The van der Waals surface area contributed by atoms with E-state index < -0.39 is 8.32 Å². The van der Waals surface area contributed by atoms with Crippen LogP contribution >= 0.6 is 0 Å². The SMILES string of the molecule is CCCCC(CCCO[Si](C)(C)C(C)(C)C)OC(=O)NCCN1CCCC1. The number of hydrogen-bond donors (Lipinski definition) is 1. The Morgan fingerprint density at radius 1 is 1.15 bits per heavy atom. The van der Waals surface area contributed by atoms with Crippen LogP contribution in [-0.4, -0.2) is 58.2 Å². The van der Waals surface area contributed by atoms with Gasteiger partial charge >= 0.3 is 6.09 Å². The number of likely N-dealkylation sites (tertiary alicyclic amines) is 1. The Morgan fingerprint density at radius 2 is 1.78 bits per heavy atom. The summed E-state index contributed by atoms with van der Waals surface area (Å²) < 4.78 is 12.0. The highest BCUT2D eigenvalue weighted by molar-refractivity contribution is 6.74. The number of carbonyl (C=O) groups is 1. The highest BCUT2D eigenvalue weighted by Crippen LogP contribution is 2.36. The van der Waals surface area contributed by atoms with Crippen molar-refractivity contribution in [2.75, 3.05) is 32.8 Å². The van der Waals surface area contributed by atoms with Gasteiger partial charge in [-0.1, -0.05) is 40.5 Å². The topological polar surface area (TPSA) is 50.8 Å². The van der Waals surface area contributed by atoms with E-state index in [-0.39, 0.29) is 17.2 Å². The number of unbranched alkanes of at least 4 members (excludes halogenated alkanes) is 1. The molecule has 0 radical (unpaired) electrons. The first kappa shape index (κ1) is 24.4. The largest absolute Gasteiger partial charge is 0.446 e. The molecule has 0 aromatic heterocycles. The lowest BCUT2D eigenvalue weighted by Gasteiger charge is -2.36. The standard InChI is InChI=1S/C21H44N2O3Si/c1-7-8-12-19(13-11-18-25-27(5,6)21(2,3)4)26-20(24)22-14-17-23-15-9-10-16-23/h19H,7-18H2,1-6H3,(H,22,24). The molecular weight excluding hydrogens is 356 g/mol. The smallest absolute Gasteiger partial charge is 0.407 e. The number of carbonyl (C=O) groups excluding carboxylic acids is 1. The zero-order valence-corrected chi connectivity index (χ0v) is 19.7. The second-order valence-corrected chi connectivity index (χ2v) is 14.2. The Hall–Kier alpha value is -0.593. The molecule has 160 valence electrons. The third-order valence-electron chi connectivity index (χ3n) is 5.99. The summed E-state index contributed by atoms with van der Waals surface area (Å²) in [5.41, 5.74) is 0. The quantitative estimate of drug-likeness (QED) is 0.363. The highest BCUT2D eigenvalue weighted by Gasteiger charge is 2.36. The van der Waals surface area contributed by atoms with Crippen molar-refractivity contribution < 1.29 is 14.0 Å². The van der Waals surface area contributed by atoms with Gasteiger partial charge in [0.05, 0.1) is 0 Å². The molecule has 1 unspecified atom stereocenters. The van der Waals surface area contributed by atoms with Crippen LogP contribution in [0.3, 0.4) is 0 Å². The maximum Gasteiger partial charge on any atom is 0.407 e. The molecule has 6 heteroatoms. The minimum Gasteiger partial charge on any atom is -0.446 e. The maximum absolute atomic E-state index is 12.1. The number of ether oxygens (including phenoxy) is 1. The number of nitrogens with zero attached hydrogens (tertiary/aromatic N) is 1. The van der Waals surface area contributed by atoms with E-state index in [1.807, 2.05) is 0 Å². The van der Waals surface area contributed by atoms with Gasteiger partial charge in [0.2, 0.25) is 0 Å². The monoisotopic (exact) mass is 400 g/mol. The fourth-order valence-electron chi connectivity index (χ4n) is 3.06. The van der Waals surface area contributed by atoms with Crippen LogP contribution in [0.5, 0.6) is 0 Å². The van der Waals surface area contributed by atoms with Gasteiger partial charge in [-0.25, -0.2) is 4.79 Å². The van der Waals surface area contributed by atoms with Gasteiger partial charge in [0.15, 0.2) is 8.32 Å². The fraction of sp³-hybridized carbons (Fsp3) is 0.952. The zero-order valence-electron chi connectivity index (χ0n) is 18.7. The summed E-state index contributed by atoms with van der Waals surface area (Å²) in [7, 11) is -1.69. The second-order valence-electron chi connectivity index (χ2n) is 9.40. The van der Waals surface area contributed by atoms with Crippen molar-refractivity contribution in [3.63, 3.8) is 0 Å². The van der Waals surface area contributed by atoms with E-state index in [0.717, 1.165) is 58.3 Å². The molecule has 1 N–H and O–H groups in total. The van der Waals surface area contributed by atoms with Gasteiger partial charge in [-0.3, -0.25) is 0 Å². The molecule has 0 aromatic rings. The summed E-state index contributed by atoms with van der Waals surface area (Å²) >= 11 is 0. The lowest BCUT2D eigenvalue weighted by Crippen LogP contribution is -2.41. The van der Waals surface area contributed by atoms with Crippen LogP contribution in [-0.2, 0) is 9.16 Å². The van der Waals surface area contributed by atoms with Crippen LogP contribution < -0.4 is 5.32 Å². The number of nitrogens with one attached hydrogen (secondary N) is 1. The Balaban J connectivity index is 2.28. The van der Waals surface area contributed by atoms with Crippen molar-refractivity contribution in [2.24, 2.45) is 0 Å². The summed E-state index contributed by atoms with van der Waals surface area (Å²) in [6.45, 7) is 18.2. The first-order valence-corrected chi connectivity index (χ1v) is 13.9. The van der Waals surface area contributed by atoms with Crippen LogP contribution in [0.1, 0.15) is 72.6 Å². The van der Waals surface area contributed by atoms with E-state index in [0.29, 0.717) is 6.54 Å². The van der Waals surface area contributed by atoms with E-state index in [2.05, 4.69) is 51.0 Å². The third kappa shape index (κ3) is 9.95. The number of amides is 1. The summed E-state index contributed by atoms with van der Waals surface area (Å²) in [5, 5.41) is 3.16. The molecular formula is C21H44N2O3Si. The van der Waals surface area contributed by atoms with Gasteiger partial charge in [-0.05, 0) is 63.3 Å². The number of hydrogen-bond acceptors (Lipinski definition) is 4. The summed E-state index contributed by atoms with van der Waals surface area (Å²) in [4.78, 5) is 14.5. The Morgan fingerprint density at radius 3 is 2.37 bits per heavy atom. The lowest BCUT2D eigenvalue weighted by molar-refractivity contribution is 0.0810. The molecule has 27 heavy (non-hydrogen) atoms. The van der Waals surface area contributed by atoms with Crippen LogP contribution in [0.4, 0.5) is 4.79 Å². The average molecular weight is 401 g/mol. The lowest BCUT2D eigenvalue weighted by atomic mass is 10.1. The molecule has 1 amide bonds. The maximum atomic E-state index is 12.1. The Bertz CT molecular complexity index is 418. The van der Waals surface area contributed by atoms with Gasteiger partial charge in [-0.2, -0.15) is 0 Å². The van der Waals surface area contributed by atoms with Gasteiger partial charge in [0.25, 0.3) is 0 Å². The van der Waals surface area contributed by atoms with Crippen molar-refractivity contribution in [1.29, 1.82) is 0 Å². The van der Waals surface area contributed by atoms with Crippen molar-refractivity contribution >= 4 is 14.4 Å². The molecule has 1 heterocycles. The predicted molar refractivity (Wildman–Crippen MR) is 116 cm³/mol. The van der Waals surface area contributed by atoms with Crippen molar-refractivity contribution in [1.82, 2.24) is 10.2 Å². The van der Waals surface area contributed by atoms with Crippen LogP contribution in [0.2, 0.25) is 18.1 Å². The van der Waals surface area contributed by atoms with Gasteiger partial charge < -0.3 is 19.4 Å². The third-order valence-corrected chi connectivity index (χ3v) is 10.5. The minimum absolute atomic E-state index is 0.000229. The molecule has 1 aliphatic rings. The predicted octanol–water partition coefficient (Wildman–Crippen LogP) is 5.17. The molecule has 1 fully saturated rings. The summed E-state index contributed by atoms with van der Waals surface area (Å²) in [6, 6.07) is 0. The molecule has 5 nitrogen and oxygen atoms in total. The second kappa shape index (κ2) is 12.1. The average Bonchev–Trinajstić information content (AvgIpc) is 3.08. The van der Waals surface area contributed by atoms with E-state index in [4.69, 9.17) is 9.16 Å². The van der Waals surface area contributed by atoms with Crippen LogP contribution in [0.25, 0.3) is 0 Å². The normalized spacial score (nSPS) is 17.1. The first-order chi connectivity index (χ1) is 12.7. The van der Waals surface area contributed by atoms with Gasteiger partial charge in [0, 0.05) is 19.7 Å². The van der Waals surface area contributed by atoms with E-state index in [1.165, 1.54) is 12.8 Å². The molecule has 0 aromatic carbocycles. The number of rotatable bonds is 12. The molecule has 1 saturated heterocycles. The molecule has 0 aliphatic carbocycles. The Labute approximate surface area is 168 Å². The number of alkyl carbamates (subject to hydrolysis) is 1. The zero-order chi connectivity index (χ0) is 20.3. The molecule has 1 aliphatic heterocycles. The molecule has 1 rings (SSSR count). The molecule has 0 bridgehead atoms. The van der Waals surface area contributed by atoms with E-state index in [9.17, 15) is 4.79 Å².